The third kappa shape index (κ3) is 2.97. The first kappa shape index (κ1) is 14.5. The summed E-state index contributed by atoms with van der Waals surface area (Å²) in [6.07, 6.45) is 5.03. The maximum absolute atomic E-state index is 14.7. The van der Waals surface area contributed by atoms with Gasteiger partial charge in [-0.05, 0) is 37.5 Å². The van der Waals surface area contributed by atoms with Crippen LogP contribution in [0.4, 0.5) is 10.1 Å². The van der Waals surface area contributed by atoms with Crippen LogP contribution in [0.2, 0.25) is 5.02 Å². The molecule has 112 valence electrons. The van der Waals surface area contributed by atoms with E-state index in [0.717, 1.165) is 19.4 Å². The predicted octanol–water partition coefficient (Wildman–Crippen LogP) is 4.03. The number of hydrogen-bond acceptors (Lipinski definition) is 3. The van der Waals surface area contributed by atoms with Gasteiger partial charge in [0.15, 0.2) is 5.82 Å². The molecule has 1 saturated heterocycles. The molecule has 2 aromatic rings. The first-order valence-electron chi connectivity index (χ1n) is 7.22. The van der Waals surface area contributed by atoms with Gasteiger partial charge >= 0.3 is 0 Å². The Balaban J connectivity index is 1.87. The van der Waals surface area contributed by atoms with Crippen molar-refractivity contribution >= 4 is 28.2 Å². The Labute approximate surface area is 128 Å². The van der Waals surface area contributed by atoms with E-state index in [1.54, 1.807) is 12.1 Å². The molecule has 5 heteroatoms. The van der Waals surface area contributed by atoms with Crippen LogP contribution >= 0.6 is 11.6 Å². The first-order chi connectivity index (χ1) is 10.2. The minimum Gasteiger partial charge on any atom is -0.376 e. The number of anilines is 1. The number of likely N-dealkylation sites (N-methyl/N-ethyl adjacent to an activating group) is 1. The highest BCUT2D eigenvalue weighted by atomic mass is 35.5. The van der Waals surface area contributed by atoms with Crippen molar-refractivity contribution in [2.75, 3.05) is 25.1 Å². The van der Waals surface area contributed by atoms with Gasteiger partial charge in [0.1, 0.15) is 5.52 Å². The molecule has 3 nitrogen and oxygen atoms in total. The largest absolute Gasteiger partial charge is 0.376 e. The average Bonchev–Trinajstić information content (AvgIpc) is 2.49. The molecule has 0 radical (unpaired) electrons. The molecule has 1 fully saturated rings. The van der Waals surface area contributed by atoms with Crippen molar-refractivity contribution in [2.24, 2.45) is 0 Å². The van der Waals surface area contributed by atoms with Crippen LogP contribution in [0.3, 0.4) is 0 Å². The summed E-state index contributed by atoms with van der Waals surface area (Å²) in [6, 6.07) is 5.25. The number of nitrogens with zero attached hydrogens (tertiary/aromatic N) is 2. The second-order valence-corrected chi connectivity index (χ2v) is 5.86. The average molecular weight is 309 g/mol. The molecule has 1 aliphatic heterocycles. The molecule has 3 rings (SSSR count). The molecule has 1 aromatic carbocycles. The van der Waals surface area contributed by atoms with Crippen molar-refractivity contribution in [3.05, 3.63) is 35.2 Å². The fraction of sp³-hybridized carbons (Fsp3) is 0.438. The molecule has 2 heterocycles. The van der Waals surface area contributed by atoms with Gasteiger partial charge in [-0.15, -0.1) is 0 Å². The third-order valence-corrected chi connectivity index (χ3v) is 4.27. The van der Waals surface area contributed by atoms with Crippen LogP contribution in [0.5, 0.6) is 0 Å². The van der Waals surface area contributed by atoms with E-state index < -0.39 is 0 Å². The summed E-state index contributed by atoms with van der Waals surface area (Å²) in [5.41, 5.74) is 0.850. The van der Waals surface area contributed by atoms with E-state index in [0.29, 0.717) is 28.2 Å². The molecule has 0 bridgehead atoms. The van der Waals surface area contributed by atoms with Gasteiger partial charge in [-0.2, -0.15) is 0 Å². The maximum Gasteiger partial charge on any atom is 0.172 e. The molecule has 0 amide bonds. The zero-order valence-electron chi connectivity index (χ0n) is 12.0. The van der Waals surface area contributed by atoms with E-state index in [4.69, 9.17) is 16.3 Å². The number of ether oxygens (including phenoxy) is 1. The monoisotopic (exact) mass is 308 g/mol. The van der Waals surface area contributed by atoms with Crippen LogP contribution in [-0.4, -0.2) is 31.3 Å². The normalized spacial score (nSPS) is 18.9. The third-order valence-electron chi connectivity index (χ3n) is 3.94. The lowest BCUT2D eigenvalue weighted by Gasteiger charge is -2.29. The van der Waals surface area contributed by atoms with Crippen molar-refractivity contribution in [2.45, 2.75) is 25.4 Å². The van der Waals surface area contributed by atoms with Crippen LogP contribution in [0.1, 0.15) is 19.3 Å². The van der Waals surface area contributed by atoms with Crippen molar-refractivity contribution in [1.82, 2.24) is 4.98 Å². The Morgan fingerprint density at radius 1 is 1.38 bits per heavy atom. The zero-order chi connectivity index (χ0) is 14.8. The maximum atomic E-state index is 14.7. The van der Waals surface area contributed by atoms with E-state index in [1.165, 1.54) is 12.6 Å². The number of hydrogen-bond donors (Lipinski definition) is 0. The van der Waals surface area contributed by atoms with Gasteiger partial charge in [0, 0.05) is 31.8 Å². The zero-order valence-corrected chi connectivity index (χ0v) is 12.7. The summed E-state index contributed by atoms with van der Waals surface area (Å²) < 4.78 is 20.4. The Kier molecular flexibility index (Phi) is 4.27. The van der Waals surface area contributed by atoms with Crippen LogP contribution in [0, 0.1) is 5.82 Å². The van der Waals surface area contributed by atoms with Crippen molar-refractivity contribution in [1.29, 1.82) is 0 Å². The molecule has 0 saturated carbocycles. The second kappa shape index (κ2) is 6.16. The van der Waals surface area contributed by atoms with Gasteiger partial charge in [-0.3, -0.25) is 4.98 Å². The molecule has 1 aromatic heterocycles. The van der Waals surface area contributed by atoms with Crippen molar-refractivity contribution in [3.8, 4) is 0 Å². The SMILES string of the molecule is CN(CC1CCCCO1)c1ccc2c(Cl)ccnc2c1F. The highest BCUT2D eigenvalue weighted by Crippen LogP contribution is 2.30. The van der Waals surface area contributed by atoms with E-state index in [9.17, 15) is 4.39 Å². The predicted molar refractivity (Wildman–Crippen MR) is 83.6 cm³/mol. The lowest BCUT2D eigenvalue weighted by atomic mass is 10.1. The molecule has 1 aliphatic rings. The topological polar surface area (TPSA) is 25.4 Å². The Morgan fingerprint density at radius 3 is 3.00 bits per heavy atom. The highest BCUT2D eigenvalue weighted by Gasteiger charge is 2.19. The summed E-state index contributed by atoms with van der Waals surface area (Å²) in [4.78, 5) is 6.01. The van der Waals surface area contributed by atoms with Gasteiger partial charge in [0.2, 0.25) is 0 Å². The van der Waals surface area contributed by atoms with E-state index in [-0.39, 0.29) is 11.9 Å². The Bertz CT molecular complexity index is 643. The van der Waals surface area contributed by atoms with Crippen LogP contribution in [-0.2, 0) is 4.74 Å². The Hall–Kier alpha value is -1.39. The van der Waals surface area contributed by atoms with E-state index in [1.807, 2.05) is 18.0 Å². The molecule has 0 aliphatic carbocycles. The Morgan fingerprint density at radius 2 is 2.24 bits per heavy atom. The minimum absolute atomic E-state index is 0.172. The fourth-order valence-electron chi connectivity index (χ4n) is 2.79. The van der Waals surface area contributed by atoms with Crippen molar-refractivity contribution in [3.63, 3.8) is 0 Å². The van der Waals surface area contributed by atoms with E-state index in [2.05, 4.69) is 4.98 Å². The molecule has 0 N–H and O–H groups in total. The van der Waals surface area contributed by atoms with Gasteiger partial charge in [0.05, 0.1) is 16.8 Å². The van der Waals surface area contributed by atoms with Crippen molar-refractivity contribution < 1.29 is 9.13 Å². The number of halogens is 2. The number of aromatic nitrogens is 1. The summed E-state index contributed by atoms with van der Waals surface area (Å²) in [6.45, 7) is 1.48. The number of rotatable bonds is 3. The molecule has 1 unspecified atom stereocenters. The standard InChI is InChI=1S/C16H18ClFN2O/c1-20(10-11-4-2-3-9-21-11)14-6-5-12-13(17)7-8-19-16(12)15(14)18/h5-8,11H,2-4,9-10H2,1H3. The molecule has 1 atom stereocenters. The lowest BCUT2D eigenvalue weighted by molar-refractivity contribution is 0.0215. The summed E-state index contributed by atoms with van der Waals surface area (Å²) in [7, 11) is 1.88. The van der Waals surface area contributed by atoms with Gasteiger partial charge in [-0.25, -0.2) is 4.39 Å². The quantitative estimate of drug-likeness (QED) is 0.856. The summed E-state index contributed by atoms with van der Waals surface area (Å²) >= 11 is 6.08. The fourth-order valence-corrected chi connectivity index (χ4v) is 3.00. The summed E-state index contributed by atoms with van der Waals surface area (Å²) in [5, 5.41) is 1.16. The van der Waals surface area contributed by atoms with Gasteiger partial charge < -0.3 is 9.64 Å². The van der Waals surface area contributed by atoms with E-state index >= 15 is 0 Å². The number of pyridine rings is 1. The molecule has 0 spiro atoms. The molecule has 21 heavy (non-hydrogen) atoms. The van der Waals surface area contributed by atoms with Gasteiger partial charge in [0.25, 0.3) is 0 Å². The highest BCUT2D eigenvalue weighted by molar-refractivity contribution is 6.35. The number of benzene rings is 1. The first-order valence-corrected chi connectivity index (χ1v) is 7.60. The van der Waals surface area contributed by atoms with Gasteiger partial charge in [-0.1, -0.05) is 11.6 Å². The second-order valence-electron chi connectivity index (χ2n) is 5.46. The van der Waals surface area contributed by atoms with Crippen LogP contribution in [0.15, 0.2) is 24.4 Å². The number of fused-ring (bicyclic) bond motifs is 1. The smallest absolute Gasteiger partial charge is 0.172 e. The minimum atomic E-state index is -0.326. The molecular formula is C16H18ClFN2O. The van der Waals surface area contributed by atoms with Crippen LogP contribution in [0.25, 0.3) is 10.9 Å². The van der Waals surface area contributed by atoms with Crippen LogP contribution < -0.4 is 4.90 Å². The summed E-state index contributed by atoms with van der Waals surface area (Å²) in [5.74, 6) is -0.326. The molecular weight excluding hydrogens is 291 g/mol. The lowest BCUT2D eigenvalue weighted by Crippen LogP contribution is -2.33.